The highest BCUT2D eigenvalue weighted by molar-refractivity contribution is 7.18. The topological polar surface area (TPSA) is 117 Å². The molecule has 0 spiro atoms. The summed E-state index contributed by atoms with van der Waals surface area (Å²) < 4.78 is 30.3. The van der Waals surface area contributed by atoms with Crippen molar-refractivity contribution in [2.75, 3.05) is 45.4 Å². The summed E-state index contributed by atoms with van der Waals surface area (Å²) in [5.74, 6) is 1.76. The maximum Gasteiger partial charge on any atom is 0.294 e. The van der Waals surface area contributed by atoms with Crippen molar-refractivity contribution in [2.24, 2.45) is 0 Å². The number of methoxy groups -OCH3 is 2. The van der Waals surface area contributed by atoms with Crippen molar-refractivity contribution < 1.29 is 28.5 Å². The molecule has 4 aromatic heterocycles. The summed E-state index contributed by atoms with van der Waals surface area (Å²) in [5.41, 5.74) is 0.883. The Balaban J connectivity index is 1.32. The van der Waals surface area contributed by atoms with Gasteiger partial charge < -0.3 is 33.4 Å². The SMILES string of the molecule is COc1cc(OCc2nc(N3CCOCC3)sc2C(C)(C)O)c2cc(-c3cn4nc(OC)sc4n3)oc2c1. The first kappa shape index (κ1) is 24.9. The molecule has 5 aromatic rings. The minimum atomic E-state index is -1.06. The Hall–Kier alpha value is -3.39. The summed E-state index contributed by atoms with van der Waals surface area (Å²) in [6, 6.07) is 5.52. The van der Waals surface area contributed by atoms with Gasteiger partial charge in [-0.05, 0) is 31.3 Å². The fourth-order valence-corrected chi connectivity index (χ4v) is 6.10. The number of aromatic nitrogens is 4. The molecule has 1 aliphatic heterocycles. The van der Waals surface area contributed by atoms with Gasteiger partial charge in [-0.1, -0.05) is 11.3 Å². The molecule has 5 heterocycles. The largest absolute Gasteiger partial charge is 0.496 e. The number of benzene rings is 1. The number of hydrogen-bond acceptors (Lipinski definition) is 12. The van der Waals surface area contributed by atoms with Gasteiger partial charge in [0.1, 0.15) is 29.4 Å². The summed E-state index contributed by atoms with van der Waals surface area (Å²) >= 11 is 2.83. The maximum atomic E-state index is 10.9. The lowest BCUT2D eigenvalue weighted by molar-refractivity contribution is 0.0800. The zero-order valence-corrected chi connectivity index (χ0v) is 23.0. The third kappa shape index (κ3) is 4.66. The number of ether oxygens (including phenoxy) is 4. The molecule has 1 aromatic carbocycles. The zero-order valence-electron chi connectivity index (χ0n) is 21.4. The van der Waals surface area contributed by atoms with Crippen LogP contribution < -0.4 is 19.1 Å². The number of nitrogens with zero attached hydrogens (tertiary/aromatic N) is 5. The average molecular weight is 558 g/mol. The molecular weight excluding hydrogens is 530 g/mol. The van der Waals surface area contributed by atoms with Gasteiger partial charge in [0, 0.05) is 25.2 Å². The van der Waals surface area contributed by atoms with E-state index < -0.39 is 5.60 Å². The first-order valence-electron chi connectivity index (χ1n) is 12.0. The summed E-state index contributed by atoms with van der Waals surface area (Å²) in [6.45, 7) is 6.55. The van der Waals surface area contributed by atoms with Gasteiger partial charge in [0.05, 0.1) is 55.2 Å². The highest BCUT2D eigenvalue weighted by Crippen LogP contribution is 2.39. The van der Waals surface area contributed by atoms with Crippen LogP contribution in [0.15, 0.2) is 28.8 Å². The van der Waals surface area contributed by atoms with E-state index in [0.29, 0.717) is 57.6 Å². The van der Waals surface area contributed by atoms with Crippen LogP contribution in [0, 0.1) is 0 Å². The number of morpholine rings is 1. The van der Waals surface area contributed by atoms with Crippen LogP contribution in [0.4, 0.5) is 5.13 Å². The first-order chi connectivity index (χ1) is 18.3. The van der Waals surface area contributed by atoms with Gasteiger partial charge in [-0.15, -0.1) is 5.10 Å². The predicted octanol–water partition coefficient (Wildman–Crippen LogP) is 4.32. The van der Waals surface area contributed by atoms with Crippen molar-refractivity contribution in [3.8, 4) is 28.1 Å². The smallest absolute Gasteiger partial charge is 0.294 e. The number of anilines is 1. The zero-order chi connectivity index (χ0) is 26.4. The van der Waals surface area contributed by atoms with Crippen molar-refractivity contribution in [2.45, 2.75) is 26.1 Å². The lowest BCUT2D eigenvalue weighted by Crippen LogP contribution is -2.36. The summed E-state index contributed by atoms with van der Waals surface area (Å²) in [7, 11) is 3.17. The van der Waals surface area contributed by atoms with E-state index in [1.54, 1.807) is 38.8 Å². The van der Waals surface area contributed by atoms with Crippen LogP contribution in [0.5, 0.6) is 16.7 Å². The Labute approximate surface area is 226 Å². The predicted molar refractivity (Wildman–Crippen MR) is 144 cm³/mol. The molecule has 0 atom stereocenters. The number of imidazole rings is 1. The monoisotopic (exact) mass is 557 g/mol. The average Bonchev–Trinajstić information content (AvgIpc) is 3.68. The van der Waals surface area contributed by atoms with Gasteiger partial charge in [0.25, 0.3) is 5.19 Å². The fourth-order valence-electron chi connectivity index (χ4n) is 4.28. The molecule has 0 radical (unpaired) electrons. The van der Waals surface area contributed by atoms with Crippen LogP contribution >= 0.6 is 22.7 Å². The molecule has 0 amide bonds. The molecule has 11 nitrogen and oxygen atoms in total. The van der Waals surface area contributed by atoms with Crippen LogP contribution in [-0.4, -0.2) is 65.2 Å². The van der Waals surface area contributed by atoms with E-state index >= 15 is 0 Å². The third-order valence-electron chi connectivity index (χ3n) is 6.15. The minimum absolute atomic E-state index is 0.173. The molecule has 1 aliphatic rings. The van der Waals surface area contributed by atoms with E-state index in [9.17, 15) is 5.11 Å². The molecule has 38 heavy (non-hydrogen) atoms. The second kappa shape index (κ2) is 9.73. The van der Waals surface area contributed by atoms with Gasteiger partial charge in [0.2, 0.25) is 4.96 Å². The second-order valence-corrected chi connectivity index (χ2v) is 11.2. The van der Waals surface area contributed by atoms with Gasteiger partial charge >= 0.3 is 0 Å². The molecule has 1 fully saturated rings. The van der Waals surface area contributed by atoms with Gasteiger partial charge in [0.15, 0.2) is 10.9 Å². The van der Waals surface area contributed by atoms with Gasteiger partial charge in [-0.2, -0.15) is 0 Å². The molecule has 13 heteroatoms. The lowest BCUT2D eigenvalue weighted by Gasteiger charge is -2.26. The van der Waals surface area contributed by atoms with E-state index in [4.69, 9.17) is 28.3 Å². The van der Waals surface area contributed by atoms with Crippen LogP contribution in [0.2, 0.25) is 0 Å². The Morgan fingerprint density at radius 3 is 2.61 bits per heavy atom. The van der Waals surface area contributed by atoms with Gasteiger partial charge in [-0.3, -0.25) is 0 Å². The Bertz CT molecular complexity index is 1560. The Morgan fingerprint density at radius 2 is 1.89 bits per heavy atom. The van der Waals surface area contributed by atoms with Crippen molar-refractivity contribution >= 4 is 43.7 Å². The number of fused-ring (bicyclic) bond motifs is 2. The van der Waals surface area contributed by atoms with E-state index in [1.165, 1.54) is 22.7 Å². The van der Waals surface area contributed by atoms with E-state index in [1.807, 2.05) is 18.2 Å². The van der Waals surface area contributed by atoms with E-state index in [2.05, 4.69) is 15.0 Å². The van der Waals surface area contributed by atoms with Crippen molar-refractivity contribution in [3.05, 3.63) is 35.0 Å². The maximum absolute atomic E-state index is 10.9. The quantitative estimate of drug-likeness (QED) is 0.296. The Morgan fingerprint density at radius 1 is 1.08 bits per heavy atom. The molecule has 1 N–H and O–H groups in total. The van der Waals surface area contributed by atoms with Crippen LogP contribution in [0.3, 0.4) is 0 Å². The summed E-state index contributed by atoms with van der Waals surface area (Å²) in [6.07, 6.45) is 1.79. The molecule has 0 bridgehead atoms. The highest BCUT2D eigenvalue weighted by atomic mass is 32.1. The molecule has 200 valence electrons. The van der Waals surface area contributed by atoms with Crippen molar-refractivity contribution in [3.63, 3.8) is 0 Å². The lowest BCUT2D eigenvalue weighted by atomic mass is 10.1. The van der Waals surface area contributed by atoms with Gasteiger partial charge in [-0.25, -0.2) is 14.5 Å². The third-order valence-corrected chi connectivity index (χ3v) is 8.50. The summed E-state index contributed by atoms with van der Waals surface area (Å²) in [4.78, 5) is 13.1. The number of furan rings is 1. The van der Waals surface area contributed by atoms with Crippen LogP contribution in [0.1, 0.15) is 24.4 Å². The number of aliphatic hydroxyl groups is 1. The van der Waals surface area contributed by atoms with Crippen molar-refractivity contribution in [1.29, 1.82) is 0 Å². The number of hydrogen-bond donors (Lipinski definition) is 1. The fraction of sp³-hybridized carbons (Fsp3) is 0.400. The minimum Gasteiger partial charge on any atom is -0.496 e. The normalized spacial score (nSPS) is 14.5. The van der Waals surface area contributed by atoms with E-state index in [-0.39, 0.29) is 6.61 Å². The number of thiazole rings is 1. The molecule has 0 aliphatic carbocycles. The van der Waals surface area contributed by atoms with E-state index in [0.717, 1.165) is 28.5 Å². The Kier molecular flexibility index (Phi) is 6.38. The molecule has 0 saturated carbocycles. The van der Waals surface area contributed by atoms with Crippen LogP contribution in [-0.2, 0) is 16.9 Å². The summed E-state index contributed by atoms with van der Waals surface area (Å²) in [5, 5.41) is 17.3. The second-order valence-electron chi connectivity index (χ2n) is 9.29. The molecule has 1 saturated heterocycles. The number of rotatable bonds is 8. The highest BCUT2D eigenvalue weighted by Gasteiger charge is 2.28. The van der Waals surface area contributed by atoms with Crippen molar-refractivity contribution in [1.82, 2.24) is 19.6 Å². The first-order valence-corrected chi connectivity index (χ1v) is 13.7. The van der Waals surface area contributed by atoms with Crippen LogP contribution in [0.25, 0.3) is 27.4 Å². The molecule has 6 rings (SSSR count). The molecule has 0 unspecified atom stereocenters. The molecular formula is C25H27N5O6S2. The standard InChI is InChI=1S/C25H27N5O6S2/c1-25(2,31)21-17(27-22(37-21)29-5-7-34-8-6-29)13-35-18-9-14(32-3)10-19-15(18)11-20(36-19)16-12-30-23(26-16)38-24(28-30)33-4/h9-12,31H,5-8,13H2,1-4H3.